The minimum atomic E-state index is -0.126. The van der Waals surface area contributed by atoms with Crippen molar-refractivity contribution in [1.82, 2.24) is 13.7 Å². The van der Waals surface area contributed by atoms with Gasteiger partial charge >= 0.3 is 0 Å². The smallest absolute Gasteiger partial charge is 0.104 e. The Morgan fingerprint density at radius 2 is 0.407 bits per heavy atom. The third-order valence-corrected chi connectivity index (χ3v) is 19.8. The summed E-state index contributed by atoms with van der Waals surface area (Å²) in [5, 5.41) is 20.3. The topological polar surface area (TPSA) is 38.6 Å². The van der Waals surface area contributed by atoms with Gasteiger partial charge in [0, 0.05) is 43.4 Å². The van der Waals surface area contributed by atoms with E-state index in [1.165, 1.54) is 76.8 Å². The molecule has 0 fully saturated rings. The van der Waals surface area contributed by atoms with Crippen LogP contribution in [0.4, 0.5) is 0 Å². The highest BCUT2D eigenvalue weighted by atomic mass is 15.1. The average Bonchev–Trinajstić information content (AvgIpc) is 1.63. The second-order valence-corrected chi connectivity index (χ2v) is 34.8. The molecular weight excluding hydrogens is 1100 g/mol. The van der Waals surface area contributed by atoms with Gasteiger partial charge in [0.1, 0.15) is 11.6 Å². The fourth-order valence-electron chi connectivity index (χ4n) is 13.9. The molecule has 0 N–H and O–H groups in total. The third kappa shape index (κ3) is 10.8. The van der Waals surface area contributed by atoms with E-state index >= 15 is 0 Å². The lowest BCUT2D eigenvalue weighted by Gasteiger charge is -2.29. The van der Waals surface area contributed by atoms with Gasteiger partial charge in [0.15, 0.2) is 0 Å². The molecule has 0 unspecified atom stereocenters. The van der Waals surface area contributed by atoms with Crippen LogP contribution in [0.1, 0.15) is 216 Å². The van der Waals surface area contributed by atoms with Crippen molar-refractivity contribution in [2.45, 2.75) is 209 Å². The number of rotatable bonds is 5. The van der Waals surface area contributed by atoms with Gasteiger partial charge < -0.3 is 13.7 Å². The molecule has 0 saturated heterocycles. The highest BCUT2D eigenvalue weighted by Gasteiger charge is 2.36. The Morgan fingerprint density at radius 1 is 0.231 bits per heavy atom. The maximum absolute atomic E-state index is 13.2. The van der Waals surface area contributed by atoms with Crippen LogP contribution in [-0.4, -0.2) is 13.7 Å². The van der Waals surface area contributed by atoms with Gasteiger partial charge in [-0.1, -0.05) is 251 Å². The Labute approximate surface area is 543 Å². The van der Waals surface area contributed by atoms with Crippen molar-refractivity contribution < 1.29 is 0 Å². The highest BCUT2D eigenvalue weighted by molar-refractivity contribution is 6.17. The summed E-state index contributed by atoms with van der Waals surface area (Å²) in [6, 6.07) is 64.9. The summed E-state index contributed by atoms with van der Waals surface area (Å²) < 4.78 is 7.62. The Morgan fingerprint density at radius 3 is 0.582 bits per heavy atom. The lowest BCUT2D eigenvalue weighted by atomic mass is 9.83. The summed E-state index contributed by atoms with van der Waals surface area (Å²) in [4.78, 5) is 0. The summed E-state index contributed by atoms with van der Waals surface area (Å²) in [7, 11) is 0. The molecule has 9 aromatic carbocycles. The van der Waals surface area contributed by atoms with Crippen LogP contribution in [0.5, 0.6) is 0 Å². The van der Waals surface area contributed by atoms with Crippen molar-refractivity contribution in [3.63, 3.8) is 0 Å². The maximum atomic E-state index is 13.2. The standard InChI is InChI=1S/C87H98N4/c1-80(2,3)54-29-25-52(26-30-54)75-77(89-69-39-33-56(82(7,8)9)45-62(69)63-46-57(83(10,11)12)34-40-70(63)89)68(51-88)78(90-71-41-35-58(84(13,14)15)47-64(71)65-48-59(85(16,17)18)36-42-72(65)90)76(53-27-31-55(32-28-53)81(4,5)6)79(75)91-73-43-37-60(86(19,20)21)49-66(73)67-50-61(87(22,23)24)38-44-74(67)91/h25-50H,1-24H3. The van der Waals surface area contributed by atoms with Crippen molar-refractivity contribution >= 4 is 65.4 Å². The van der Waals surface area contributed by atoms with E-state index in [0.29, 0.717) is 5.56 Å². The molecule has 12 aromatic rings. The molecule has 0 aliphatic carbocycles. The van der Waals surface area contributed by atoms with E-state index in [0.717, 1.165) is 72.4 Å². The molecular formula is C87H98N4. The zero-order valence-corrected chi connectivity index (χ0v) is 59.3. The monoisotopic (exact) mass is 1200 g/mol. The summed E-state index contributed by atoms with van der Waals surface area (Å²) in [6.45, 7) is 55.5. The zero-order chi connectivity index (χ0) is 66.0. The van der Waals surface area contributed by atoms with Gasteiger partial charge in [-0.05, 0) is 172 Å². The maximum Gasteiger partial charge on any atom is 0.104 e. The molecule has 0 aliphatic rings. The molecule has 0 aliphatic heterocycles. The molecule has 0 amide bonds. The SMILES string of the molecule is CC(C)(C)c1ccc(-c2c(-n3c4ccc(C(C)(C)C)cc4c4cc(C(C)(C)C)ccc43)c(C#N)c(-n3c4ccc(C(C)(C)C)cc4c4cc(C(C)(C)C)ccc43)c(-c3ccc(C(C)(C)C)cc3)c2-n2c3ccc(C(C)(C)C)cc3c3cc(C(C)(C)C)ccc32)cc1. The molecule has 4 heteroatoms. The number of benzene rings is 9. The summed E-state index contributed by atoms with van der Waals surface area (Å²) >= 11 is 0. The van der Waals surface area contributed by atoms with Crippen molar-refractivity contribution in [3.8, 4) is 45.4 Å². The molecule has 0 saturated carbocycles. The molecule has 3 heterocycles. The normalized spacial score (nSPS) is 13.5. The second-order valence-electron chi connectivity index (χ2n) is 34.8. The number of nitriles is 1. The van der Waals surface area contributed by atoms with E-state index in [2.05, 4.69) is 344 Å². The largest absolute Gasteiger partial charge is 0.308 e. The van der Waals surface area contributed by atoms with Gasteiger partial charge in [-0.25, -0.2) is 0 Å². The highest BCUT2D eigenvalue weighted by Crippen LogP contribution is 2.54. The Bertz CT molecular complexity index is 4510. The van der Waals surface area contributed by atoms with E-state index in [1.54, 1.807) is 0 Å². The van der Waals surface area contributed by atoms with E-state index in [4.69, 9.17) is 0 Å². The van der Waals surface area contributed by atoms with Gasteiger partial charge in [-0.2, -0.15) is 5.26 Å². The molecule has 0 bridgehead atoms. The van der Waals surface area contributed by atoms with E-state index < -0.39 is 0 Å². The van der Waals surface area contributed by atoms with Crippen molar-refractivity contribution in [3.05, 3.63) is 208 Å². The molecule has 0 spiro atoms. The van der Waals surface area contributed by atoms with Crippen molar-refractivity contribution in [2.75, 3.05) is 0 Å². The lowest BCUT2D eigenvalue weighted by Crippen LogP contribution is -2.15. The quantitative estimate of drug-likeness (QED) is 0.169. The van der Waals surface area contributed by atoms with Crippen molar-refractivity contribution in [2.24, 2.45) is 0 Å². The van der Waals surface area contributed by atoms with Crippen LogP contribution >= 0.6 is 0 Å². The van der Waals surface area contributed by atoms with Crippen LogP contribution in [0.3, 0.4) is 0 Å². The van der Waals surface area contributed by atoms with Crippen molar-refractivity contribution in [1.29, 1.82) is 5.26 Å². The minimum Gasteiger partial charge on any atom is -0.308 e. The van der Waals surface area contributed by atoms with Crippen LogP contribution in [-0.2, 0) is 43.3 Å². The van der Waals surface area contributed by atoms with Crippen LogP contribution in [0.2, 0.25) is 0 Å². The molecule has 0 radical (unpaired) electrons. The number of nitrogens with zero attached hydrogens (tertiary/aromatic N) is 4. The van der Waals surface area contributed by atoms with Gasteiger partial charge in [0.25, 0.3) is 0 Å². The average molecular weight is 1200 g/mol. The number of hydrogen-bond acceptors (Lipinski definition) is 1. The van der Waals surface area contributed by atoms with E-state index in [9.17, 15) is 5.26 Å². The van der Waals surface area contributed by atoms with Crippen LogP contribution < -0.4 is 0 Å². The van der Waals surface area contributed by atoms with Crippen LogP contribution in [0, 0.1) is 11.3 Å². The fourth-order valence-corrected chi connectivity index (χ4v) is 13.9. The Hall–Kier alpha value is -8.13. The first-order valence-corrected chi connectivity index (χ1v) is 33.3. The number of fused-ring (bicyclic) bond motifs is 9. The van der Waals surface area contributed by atoms with Gasteiger partial charge in [0.05, 0.1) is 50.2 Å². The summed E-state index contributed by atoms with van der Waals surface area (Å²) in [5.41, 5.74) is 22.9. The minimum absolute atomic E-state index is 0.118. The lowest BCUT2D eigenvalue weighted by molar-refractivity contribution is 0.590. The Kier molecular flexibility index (Phi) is 14.5. The second kappa shape index (κ2) is 20.9. The third-order valence-electron chi connectivity index (χ3n) is 19.8. The molecule has 12 rings (SSSR count). The predicted octanol–water partition coefficient (Wildman–Crippen LogP) is 24.6. The van der Waals surface area contributed by atoms with Gasteiger partial charge in [-0.3, -0.25) is 0 Å². The van der Waals surface area contributed by atoms with E-state index in [-0.39, 0.29) is 43.3 Å². The first-order valence-electron chi connectivity index (χ1n) is 33.3. The van der Waals surface area contributed by atoms with Gasteiger partial charge in [0.2, 0.25) is 0 Å². The van der Waals surface area contributed by atoms with Crippen LogP contribution in [0.25, 0.3) is 105 Å². The predicted molar refractivity (Wildman–Crippen MR) is 395 cm³/mol. The molecule has 0 atom stereocenters. The molecule has 3 aromatic heterocycles. The first-order chi connectivity index (χ1) is 42.2. The number of hydrogen-bond donors (Lipinski definition) is 0. The van der Waals surface area contributed by atoms with Gasteiger partial charge in [-0.15, -0.1) is 0 Å². The number of aromatic nitrogens is 3. The molecule has 4 nitrogen and oxygen atoms in total. The molecule has 91 heavy (non-hydrogen) atoms. The van der Waals surface area contributed by atoms with Crippen LogP contribution in [0.15, 0.2) is 158 Å². The Balaban J connectivity index is 1.46. The zero-order valence-electron chi connectivity index (χ0n) is 59.3. The molecule has 466 valence electrons. The first kappa shape index (κ1) is 63.0. The summed E-state index contributed by atoms with van der Waals surface area (Å²) in [5.74, 6) is 0. The van der Waals surface area contributed by atoms with E-state index in [1.807, 2.05) is 0 Å². The fraction of sp³-hybridized carbons (Fsp3) is 0.368. The summed E-state index contributed by atoms with van der Waals surface area (Å²) in [6.07, 6.45) is 0.